The summed E-state index contributed by atoms with van der Waals surface area (Å²) in [5.41, 5.74) is 2.60. The number of benzene rings is 2. The molecule has 0 spiro atoms. The van der Waals surface area contributed by atoms with Crippen LogP contribution in [0, 0.1) is 0 Å². The van der Waals surface area contributed by atoms with Gasteiger partial charge in [0.1, 0.15) is 0 Å². The van der Waals surface area contributed by atoms with E-state index in [1.807, 2.05) is 24.3 Å². The van der Waals surface area contributed by atoms with Crippen LogP contribution in [0.15, 0.2) is 60.0 Å². The number of hydrogen-bond donors (Lipinski definition) is 1. The van der Waals surface area contributed by atoms with E-state index in [2.05, 4.69) is 4.72 Å². The second-order valence-electron chi connectivity index (χ2n) is 5.87. The summed E-state index contributed by atoms with van der Waals surface area (Å²) >= 11 is 5.80. The molecule has 2 aromatic carbocycles. The van der Waals surface area contributed by atoms with Crippen LogP contribution >= 0.6 is 11.6 Å². The molecule has 5 nitrogen and oxygen atoms in total. The summed E-state index contributed by atoms with van der Waals surface area (Å²) in [7, 11) is -3.52. The minimum Gasteiger partial charge on any atom is -0.463 e. The highest BCUT2D eigenvalue weighted by molar-refractivity contribution is 7.92. The third kappa shape index (κ3) is 8.08. The molecule has 0 atom stereocenters. The zero-order valence-electron chi connectivity index (χ0n) is 15.5. The van der Waals surface area contributed by atoms with Crippen LogP contribution in [0.5, 0.6) is 0 Å². The SMILES string of the molecule is CCOC(=O)C=Cc1ccc(CCNS(=O)(=O)C=Cc2ccc(Cl)cc2)cc1. The van der Waals surface area contributed by atoms with E-state index in [1.54, 1.807) is 37.3 Å². The van der Waals surface area contributed by atoms with Gasteiger partial charge in [-0.15, -0.1) is 0 Å². The van der Waals surface area contributed by atoms with Crippen LogP contribution < -0.4 is 4.72 Å². The van der Waals surface area contributed by atoms with Crippen LogP contribution in [0.1, 0.15) is 23.6 Å². The summed E-state index contributed by atoms with van der Waals surface area (Å²) in [6.07, 6.45) is 5.12. The van der Waals surface area contributed by atoms with Crippen LogP contribution in [-0.2, 0) is 26.0 Å². The Hall–Kier alpha value is -2.41. The highest BCUT2D eigenvalue weighted by atomic mass is 35.5. The normalized spacial score (nSPS) is 11.9. The summed E-state index contributed by atoms with van der Waals surface area (Å²) in [5.74, 6) is -0.382. The number of hydrogen-bond acceptors (Lipinski definition) is 4. The molecule has 0 saturated heterocycles. The van der Waals surface area contributed by atoms with Gasteiger partial charge in [-0.1, -0.05) is 48.0 Å². The number of sulfonamides is 1. The van der Waals surface area contributed by atoms with Crippen LogP contribution in [0.25, 0.3) is 12.2 Å². The van der Waals surface area contributed by atoms with Crippen molar-refractivity contribution < 1.29 is 17.9 Å². The van der Waals surface area contributed by atoms with Crippen LogP contribution in [0.2, 0.25) is 5.02 Å². The highest BCUT2D eigenvalue weighted by Gasteiger charge is 2.04. The van der Waals surface area contributed by atoms with Gasteiger partial charge in [0.25, 0.3) is 0 Å². The van der Waals surface area contributed by atoms with E-state index < -0.39 is 10.0 Å². The first-order valence-electron chi connectivity index (χ1n) is 8.75. The van der Waals surface area contributed by atoms with Crippen LogP contribution in [-0.4, -0.2) is 27.5 Å². The molecule has 2 rings (SSSR count). The zero-order chi connectivity index (χ0) is 20.4. The zero-order valence-corrected chi connectivity index (χ0v) is 17.0. The van der Waals surface area contributed by atoms with E-state index in [0.29, 0.717) is 18.1 Å². The van der Waals surface area contributed by atoms with Gasteiger partial charge in [0, 0.05) is 23.1 Å². The molecule has 0 saturated carbocycles. The van der Waals surface area contributed by atoms with E-state index in [0.717, 1.165) is 22.1 Å². The fraction of sp³-hybridized carbons (Fsp3) is 0.190. The molecule has 0 bridgehead atoms. The van der Waals surface area contributed by atoms with E-state index in [-0.39, 0.29) is 12.5 Å². The quantitative estimate of drug-likeness (QED) is 0.491. The standard InChI is InChI=1S/C21H22ClNO4S/c1-2-27-21(24)12-9-17-3-5-18(6-4-17)13-15-23-28(25,26)16-14-19-7-10-20(22)11-8-19/h3-12,14,16,23H,2,13,15H2,1H3. The van der Waals surface area contributed by atoms with Crippen molar-refractivity contribution in [1.29, 1.82) is 0 Å². The Morgan fingerprint density at radius 2 is 1.64 bits per heavy atom. The molecular formula is C21H22ClNO4S. The smallest absolute Gasteiger partial charge is 0.330 e. The fourth-order valence-corrected chi connectivity index (χ4v) is 3.22. The average molecular weight is 420 g/mol. The number of esters is 1. The molecule has 28 heavy (non-hydrogen) atoms. The van der Waals surface area contributed by atoms with E-state index in [1.165, 1.54) is 12.2 Å². The van der Waals surface area contributed by atoms with Gasteiger partial charge in [-0.25, -0.2) is 17.9 Å². The summed E-state index contributed by atoms with van der Waals surface area (Å²) < 4.78 is 31.4. The molecule has 0 aromatic heterocycles. The molecule has 0 radical (unpaired) electrons. The summed E-state index contributed by atoms with van der Waals surface area (Å²) in [6.45, 7) is 2.38. The van der Waals surface area contributed by atoms with Crippen molar-refractivity contribution in [2.75, 3.05) is 13.2 Å². The minimum absolute atomic E-state index is 0.283. The van der Waals surface area contributed by atoms with Crippen molar-refractivity contribution in [2.45, 2.75) is 13.3 Å². The van der Waals surface area contributed by atoms with Crippen LogP contribution in [0.4, 0.5) is 0 Å². The molecule has 1 N–H and O–H groups in total. The lowest BCUT2D eigenvalue weighted by molar-refractivity contribution is -0.137. The van der Waals surface area contributed by atoms with Gasteiger partial charge < -0.3 is 4.74 Å². The second kappa shape index (κ2) is 10.8. The Morgan fingerprint density at radius 1 is 1.04 bits per heavy atom. The molecule has 0 aliphatic carbocycles. The van der Waals surface area contributed by atoms with Gasteiger partial charge in [-0.2, -0.15) is 0 Å². The van der Waals surface area contributed by atoms with E-state index in [4.69, 9.17) is 16.3 Å². The molecule has 0 heterocycles. The van der Waals surface area contributed by atoms with Crippen molar-refractivity contribution in [2.24, 2.45) is 0 Å². The Labute approximate surface area is 170 Å². The first kappa shape index (κ1) is 21.9. The fourth-order valence-electron chi connectivity index (χ4n) is 2.28. The van der Waals surface area contributed by atoms with Gasteiger partial charge in [0.2, 0.25) is 10.0 Å². The largest absolute Gasteiger partial charge is 0.463 e. The van der Waals surface area contributed by atoms with Crippen molar-refractivity contribution in [3.05, 3.63) is 81.7 Å². The number of carbonyl (C=O) groups is 1. The molecular weight excluding hydrogens is 398 g/mol. The third-order valence-corrected chi connectivity index (χ3v) is 5.06. The molecule has 0 fully saturated rings. The molecule has 0 unspecified atom stereocenters. The molecule has 0 amide bonds. The van der Waals surface area contributed by atoms with Gasteiger partial charge in [-0.05, 0) is 54.3 Å². The number of nitrogens with one attached hydrogen (secondary N) is 1. The Bertz CT molecular complexity index is 933. The molecule has 2 aromatic rings. The highest BCUT2D eigenvalue weighted by Crippen LogP contribution is 2.11. The van der Waals surface area contributed by atoms with Gasteiger partial charge in [0.15, 0.2) is 0 Å². The molecule has 7 heteroatoms. The van der Waals surface area contributed by atoms with Crippen molar-refractivity contribution in [3.8, 4) is 0 Å². The predicted molar refractivity (Wildman–Crippen MR) is 113 cm³/mol. The monoisotopic (exact) mass is 419 g/mol. The van der Waals surface area contributed by atoms with E-state index in [9.17, 15) is 13.2 Å². The maximum atomic E-state index is 12.0. The number of rotatable bonds is 9. The lowest BCUT2D eigenvalue weighted by Crippen LogP contribution is -2.23. The number of ether oxygens (including phenoxy) is 1. The van der Waals surface area contributed by atoms with E-state index >= 15 is 0 Å². The van der Waals surface area contributed by atoms with Crippen molar-refractivity contribution >= 4 is 39.7 Å². The topological polar surface area (TPSA) is 72.5 Å². The molecule has 148 valence electrons. The average Bonchev–Trinajstić information content (AvgIpc) is 2.67. The first-order chi connectivity index (χ1) is 13.4. The van der Waals surface area contributed by atoms with Crippen LogP contribution in [0.3, 0.4) is 0 Å². The number of halogens is 1. The molecule has 0 aliphatic heterocycles. The van der Waals surface area contributed by atoms with Crippen molar-refractivity contribution in [3.63, 3.8) is 0 Å². The van der Waals surface area contributed by atoms with Crippen molar-refractivity contribution in [1.82, 2.24) is 4.72 Å². The number of carbonyl (C=O) groups excluding carboxylic acids is 1. The minimum atomic E-state index is -3.52. The predicted octanol–water partition coefficient (Wildman–Crippen LogP) is 4.05. The lowest BCUT2D eigenvalue weighted by Gasteiger charge is -2.04. The maximum absolute atomic E-state index is 12.0. The lowest BCUT2D eigenvalue weighted by atomic mass is 10.1. The summed E-state index contributed by atoms with van der Waals surface area (Å²) in [5, 5.41) is 1.74. The summed E-state index contributed by atoms with van der Waals surface area (Å²) in [4.78, 5) is 11.3. The summed E-state index contributed by atoms with van der Waals surface area (Å²) in [6, 6.07) is 14.4. The second-order valence-corrected chi connectivity index (χ2v) is 7.96. The Morgan fingerprint density at radius 3 is 2.29 bits per heavy atom. The first-order valence-corrected chi connectivity index (χ1v) is 10.7. The Balaban J connectivity index is 1.83. The van der Waals surface area contributed by atoms with Gasteiger partial charge in [-0.3, -0.25) is 0 Å². The maximum Gasteiger partial charge on any atom is 0.330 e. The van der Waals surface area contributed by atoms with Gasteiger partial charge >= 0.3 is 5.97 Å². The third-order valence-electron chi connectivity index (χ3n) is 3.70. The van der Waals surface area contributed by atoms with Gasteiger partial charge in [0.05, 0.1) is 6.61 Å². The Kier molecular flexibility index (Phi) is 8.44. The molecule has 0 aliphatic rings.